The van der Waals surface area contributed by atoms with Crippen LogP contribution in [0.5, 0.6) is 11.5 Å². The van der Waals surface area contributed by atoms with Crippen LogP contribution in [0.1, 0.15) is 17.5 Å². The van der Waals surface area contributed by atoms with Gasteiger partial charge in [-0.3, -0.25) is 4.79 Å². The fourth-order valence-corrected chi connectivity index (χ4v) is 2.98. The van der Waals surface area contributed by atoms with Gasteiger partial charge in [-0.1, -0.05) is 36.4 Å². The Morgan fingerprint density at radius 1 is 0.968 bits per heavy atom. The van der Waals surface area contributed by atoms with Crippen molar-refractivity contribution in [3.63, 3.8) is 0 Å². The van der Waals surface area contributed by atoms with Crippen LogP contribution in [-0.4, -0.2) is 62.4 Å². The summed E-state index contributed by atoms with van der Waals surface area (Å²) in [5, 5.41) is 8.79. The molecule has 0 aromatic heterocycles. The number of halogens is 1. The van der Waals surface area contributed by atoms with Gasteiger partial charge in [0.2, 0.25) is 0 Å². The highest BCUT2D eigenvalue weighted by molar-refractivity contribution is 5.85. The molecule has 2 aromatic rings. The molecule has 0 spiro atoms. The maximum Gasteiger partial charge on any atom is 0.342 e. The molecule has 0 radical (unpaired) electrons. The van der Waals surface area contributed by atoms with Crippen LogP contribution in [0.2, 0.25) is 0 Å². The Morgan fingerprint density at radius 2 is 1.52 bits per heavy atom. The number of rotatable bonds is 12. The van der Waals surface area contributed by atoms with E-state index in [1.54, 1.807) is 24.1 Å². The molecular formula is C23H30ClNO6. The van der Waals surface area contributed by atoms with Crippen molar-refractivity contribution in [3.8, 4) is 11.5 Å². The number of aryl methyl sites for hydroxylation is 2. The van der Waals surface area contributed by atoms with Crippen molar-refractivity contribution in [2.75, 3.05) is 34.4 Å². The molecule has 0 fully saturated rings. The molecule has 0 aliphatic carbocycles. The SMILES string of the molecule is COc1ccccc1CCc1ccccc1OC(=O)C(CN(C)C)OCCC(=O)O.Cl. The number of para-hydroxylation sites is 2. The monoisotopic (exact) mass is 451 g/mol. The highest BCUT2D eigenvalue weighted by Gasteiger charge is 2.23. The minimum Gasteiger partial charge on any atom is -0.496 e. The number of nitrogens with zero attached hydrogens (tertiary/aromatic N) is 1. The van der Waals surface area contributed by atoms with Crippen LogP contribution in [0.3, 0.4) is 0 Å². The molecule has 0 saturated heterocycles. The number of carbonyl (C=O) groups excluding carboxylic acids is 1. The Hall–Kier alpha value is -2.61. The fraction of sp³-hybridized carbons (Fsp3) is 0.391. The second kappa shape index (κ2) is 13.6. The minimum absolute atomic E-state index is 0. The van der Waals surface area contributed by atoms with E-state index in [4.69, 9.17) is 19.3 Å². The molecule has 0 heterocycles. The molecule has 2 rings (SSSR count). The van der Waals surface area contributed by atoms with Gasteiger partial charge in [0, 0.05) is 6.54 Å². The molecule has 8 heteroatoms. The van der Waals surface area contributed by atoms with Crippen molar-refractivity contribution < 1.29 is 28.9 Å². The Balaban J connectivity index is 0.00000480. The second-order valence-corrected chi connectivity index (χ2v) is 7.11. The molecule has 0 aliphatic heterocycles. The maximum atomic E-state index is 12.7. The lowest BCUT2D eigenvalue weighted by molar-refractivity contribution is -0.151. The smallest absolute Gasteiger partial charge is 0.342 e. The molecule has 1 N–H and O–H groups in total. The number of esters is 1. The first kappa shape index (κ1) is 26.4. The number of ether oxygens (including phenoxy) is 3. The lowest BCUT2D eigenvalue weighted by Gasteiger charge is -2.20. The first-order chi connectivity index (χ1) is 14.4. The normalized spacial score (nSPS) is 11.5. The van der Waals surface area contributed by atoms with Crippen molar-refractivity contribution in [2.24, 2.45) is 0 Å². The molecular weight excluding hydrogens is 422 g/mol. The molecule has 2 aromatic carbocycles. The summed E-state index contributed by atoms with van der Waals surface area (Å²) in [5.74, 6) is -0.222. The van der Waals surface area contributed by atoms with Crippen LogP contribution in [0.25, 0.3) is 0 Å². The van der Waals surface area contributed by atoms with E-state index >= 15 is 0 Å². The number of likely N-dealkylation sites (N-methyl/N-ethyl adjacent to an activating group) is 1. The number of methoxy groups -OCH3 is 1. The maximum absolute atomic E-state index is 12.7. The van der Waals surface area contributed by atoms with Gasteiger partial charge in [-0.15, -0.1) is 12.4 Å². The van der Waals surface area contributed by atoms with Crippen molar-refractivity contribution >= 4 is 24.3 Å². The van der Waals surface area contributed by atoms with Gasteiger partial charge >= 0.3 is 11.9 Å². The lowest BCUT2D eigenvalue weighted by atomic mass is 10.0. The number of benzene rings is 2. The number of carbonyl (C=O) groups is 2. The standard InChI is InChI=1S/C23H29NO6.ClH/c1-24(2)16-21(29-15-14-22(25)26)23(27)30-20-11-7-5-9-18(20)13-12-17-8-4-6-10-19(17)28-3;/h4-11,21H,12-16H2,1-3H3,(H,25,26);1H. The van der Waals surface area contributed by atoms with Crippen LogP contribution in [0.15, 0.2) is 48.5 Å². The third-order valence-corrected chi connectivity index (χ3v) is 4.47. The molecule has 0 bridgehead atoms. The molecule has 7 nitrogen and oxygen atoms in total. The molecule has 31 heavy (non-hydrogen) atoms. The van der Waals surface area contributed by atoms with Gasteiger partial charge < -0.3 is 24.2 Å². The summed E-state index contributed by atoms with van der Waals surface area (Å²) in [4.78, 5) is 25.2. The Kier molecular flexibility index (Phi) is 11.6. The summed E-state index contributed by atoms with van der Waals surface area (Å²) in [6, 6.07) is 15.2. The van der Waals surface area contributed by atoms with Crippen molar-refractivity contribution in [1.82, 2.24) is 4.90 Å². The van der Waals surface area contributed by atoms with Crippen LogP contribution in [0.4, 0.5) is 0 Å². The largest absolute Gasteiger partial charge is 0.496 e. The van der Waals surface area contributed by atoms with Gasteiger partial charge in [0.25, 0.3) is 0 Å². The fourth-order valence-electron chi connectivity index (χ4n) is 2.98. The van der Waals surface area contributed by atoms with Gasteiger partial charge in [0.15, 0.2) is 6.10 Å². The number of carboxylic acid groups (broad SMARTS) is 1. The van der Waals surface area contributed by atoms with Crippen molar-refractivity contribution in [2.45, 2.75) is 25.4 Å². The van der Waals surface area contributed by atoms with E-state index in [1.807, 2.05) is 50.5 Å². The Morgan fingerprint density at radius 3 is 2.06 bits per heavy atom. The zero-order valence-corrected chi connectivity index (χ0v) is 18.9. The van der Waals surface area contributed by atoms with Crippen molar-refractivity contribution in [3.05, 3.63) is 59.7 Å². The van der Waals surface area contributed by atoms with E-state index in [0.717, 1.165) is 23.3 Å². The zero-order valence-electron chi connectivity index (χ0n) is 18.1. The number of hydrogen-bond donors (Lipinski definition) is 1. The van der Waals surface area contributed by atoms with E-state index in [1.165, 1.54) is 0 Å². The van der Waals surface area contributed by atoms with Gasteiger partial charge in [-0.05, 0) is 50.2 Å². The number of hydrogen-bond acceptors (Lipinski definition) is 6. The highest BCUT2D eigenvalue weighted by atomic mass is 35.5. The average molecular weight is 452 g/mol. The van der Waals surface area contributed by atoms with E-state index in [9.17, 15) is 9.59 Å². The topological polar surface area (TPSA) is 85.3 Å². The van der Waals surface area contributed by atoms with Crippen molar-refractivity contribution in [1.29, 1.82) is 0 Å². The van der Waals surface area contributed by atoms with Gasteiger partial charge in [-0.2, -0.15) is 0 Å². The molecule has 1 atom stereocenters. The van der Waals surface area contributed by atoms with E-state index < -0.39 is 18.0 Å². The predicted octanol–water partition coefficient (Wildman–Crippen LogP) is 3.23. The molecule has 0 aliphatic rings. The quantitative estimate of drug-likeness (QED) is 0.391. The molecule has 0 saturated carbocycles. The predicted molar refractivity (Wildman–Crippen MR) is 120 cm³/mol. The first-order valence-electron chi connectivity index (χ1n) is 9.80. The minimum atomic E-state index is -0.978. The first-order valence-corrected chi connectivity index (χ1v) is 9.80. The summed E-state index contributed by atoms with van der Waals surface area (Å²) in [5.41, 5.74) is 1.97. The number of aliphatic carboxylic acids is 1. The molecule has 0 amide bonds. The summed E-state index contributed by atoms with van der Waals surface area (Å²) in [6.45, 7) is 0.236. The van der Waals surface area contributed by atoms with Gasteiger partial charge in [-0.25, -0.2) is 4.79 Å². The zero-order chi connectivity index (χ0) is 21.9. The summed E-state index contributed by atoms with van der Waals surface area (Å²) >= 11 is 0. The highest BCUT2D eigenvalue weighted by Crippen LogP contribution is 2.24. The summed E-state index contributed by atoms with van der Waals surface area (Å²) < 4.78 is 16.5. The van der Waals surface area contributed by atoms with Gasteiger partial charge in [0.05, 0.1) is 20.1 Å². The third kappa shape index (κ3) is 8.96. The van der Waals surface area contributed by atoms with Crippen LogP contribution < -0.4 is 9.47 Å². The summed E-state index contributed by atoms with van der Waals surface area (Å²) in [7, 11) is 5.26. The molecule has 170 valence electrons. The summed E-state index contributed by atoms with van der Waals surface area (Å²) in [6.07, 6.45) is 0.352. The second-order valence-electron chi connectivity index (χ2n) is 7.11. The average Bonchev–Trinajstić information content (AvgIpc) is 2.72. The molecule has 1 unspecified atom stereocenters. The van der Waals surface area contributed by atoms with Crippen LogP contribution in [0, 0.1) is 0 Å². The van der Waals surface area contributed by atoms with E-state index in [0.29, 0.717) is 18.7 Å². The Labute approximate surface area is 189 Å². The Bertz CT molecular complexity index is 842. The number of carboxylic acids is 1. The van der Waals surface area contributed by atoms with Crippen LogP contribution >= 0.6 is 12.4 Å². The van der Waals surface area contributed by atoms with E-state index in [-0.39, 0.29) is 25.4 Å². The van der Waals surface area contributed by atoms with Crippen LogP contribution in [-0.2, 0) is 27.2 Å². The lowest BCUT2D eigenvalue weighted by Crippen LogP contribution is -2.38. The third-order valence-electron chi connectivity index (χ3n) is 4.47. The van der Waals surface area contributed by atoms with E-state index in [2.05, 4.69) is 0 Å². The van der Waals surface area contributed by atoms with Gasteiger partial charge in [0.1, 0.15) is 11.5 Å².